The third-order valence-electron chi connectivity index (χ3n) is 2.33. The first-order valence-corrected chi connectivity index (χ1v) is 5.15. The smallest absolute Gasteiger partial charge is 0.251 e. The summed E-state index contributed by atoms with van der Waals surface area (Å²) < 4.78 is 0. The van der Waals surface area contributed by atoms with E-state index in [9.17, 15) is 4.79 Å². The fraction of sp³-hybridized carbons (Fsp3) is 0.167. The van der Waals surface area contributed by atoms with Crippen LogP contribution in [0.25, 0.3) is 11.3 Å². The average Bonchev–Trinajstić information content (AvgIpc) is 2.29. The summed E-state index contributed by atoms with van der Waals surface area (Å²) >= 11 is 0. The second-order valence-electron chi connectivity index (χ2n) is 3.55. The molecule has 0 unspecified atom stereocenters. The maximum atomic E-state index is 11.4. The van der Waals surface area contributed by atoms with Crippen molar-refractivity contribution in [2.45, 2.75) is 13.3 Å². The van der Waals surface area contributed by atoms with Crippen LogP contribution in [0.2, 0.25) is 0 Å². The van der Waals surface area contributed by atoms with Crippen molar-refractivity contribution in [3.8, 4) is 11.3 Å². The summed E-state index contributed by atoms with van der Waals surface area (Å²) in [6.45, 7) is 1.95. The standard InChI is InChI=1S/C12H13N3O/c1-2-11-14-10(7-12(16)15-11)8-3-5-9(13)6-4-8/h3-7H,2,13H2,1H3,(H,14,15,16). The molecule has 0 saturated carbocycles. The van der Waals surface area contributed by atoms with E-state index in [1.54, 1.807) is 12.1 Å². The highest BCUT2D eigenvalue weighted by molar-refractivity contribution is 5.61. The van der Waals surface area contributed by atoms with Crippen LogP contribution in [0.15, 0.2) is 35.1 Å². The summed E-state index contributed by atoms with van der Waals surface area (Å²) in [5.41, 5.74) is 7.75. The first-order valence-electron chi connectivity index (χ1n) is 5.15. The number of nitrogens with one attached hydrogen (secondary N) is 1. The van der Waals surface area contributed by atoms with Gasteiger partial charge < -0.3 is 10.7 Å². The Kier molecular flexibility index (Phi) is 2.72. The molecule has 0 aliphatic carbocycles. The number of benzene rings is 1. The van der Waals surface area contributed by atoms with Gasteiger partial charge in [0.25, 0.3) is 5.56 Å². The zero-order chi connectivity index (χ0) is 11.5. The van der Waals surface area contributed by atoms with E-state index in [0.717, 1.165) is 5.56 Å². The summed E-state index contributed by atoms with van der Waals surface area (Å²) in [7, 11) is 0. The Balaban J connectivity index is 2.51. The fourth-order valence-corrected chi connectivity index (χ4v) is 1.48. The minimum Gasteiger partial charge on any atom is -0.399 e. The maximum absolute atomic E-state index is 11.4. The summed E-state index contributed by atoms with van der Waals surface area (Å²) in [5.74, 6) is 0.694. The lowest BCUT2D eigenvalue weighted by molar-refractivity contribution is 0.924. The van der Waals surface area contributed by atoms with Crippen molar-refractivity contribution >= 4 is 5.69 Å². The number of hydrogen-bond donors (Lipinski definition) is 2. The minimum atomic E-state index is -0.126. The molecule has 0 aliphatic heterocycles. The van der Waals surface area contributed by atoms with Crippen molar-refractivity contribution in [2.24, 2.45) is 0 Å². The Hall–Kier alpha value is -2.10. The number of nitrogens with two attached hydrogens (primary N) is 1. The van der Waals surface area contributed by atoms with Gasteiger partial charge >= 0.3 is 0 Å². The van der Waals surface area contributed by atoms with Gasteiger partial charge in [0.15, 0.2) is 0 Å². The summed E-state index contributed by atoms with van der Waals surface area (Å²) in [5, 5.41) is 0. The van der Waals surface area contributed by atoms with Crippen molar-refractivity contribution in [3.05, 3.63) is 46.5 Å². The number of aromatic amines is 1. The summed E-state index contributed by atoms with van der Waals surface area (Å²) in [4.78, 5) is 18.4. The molecule has 0 saturated heterocycles. The molecule has 3 N–H and O–H groups in total. The van der Waals surface area contributed by atoms with E-state index in [-0.39, 0.29) is 5.56 Å². The highest BCUT2D eigenvalue weighted by Crippen LogP contribution is 2.16. The molecule has 0 aliphatic rings. The normalized spacial score (nSPS) is 10.3. The van der Waals surface area contributed by atoms with Crippen LogP contribution in [-0.4, -0.2) is 9.97 Å². The number of aryl methyl sites for hydroxylation is 1. The van der Waals surface area contributed by atoms with Crippen LogP contribution in [0.3, 0.4) is 0 Å². The zero-order valence-electron chi connectivity index (χ0n) is 9.03. The SMILES string of the molecule is CCc1nc(-c2ccc(N)cc2)cc(=O)[nH]1. The second-order valence-corrected chi connectivity index (χ2v) is 3.55. The Morgan fingerprint density at radius 3 is 2.62 bits per heavy atom. The number of rotatable bonds is 2. The molecular formula is C12H13N3O. The average molecular weight is 215 g/mol. The van der Waals surface area contributed by atoms with Gasteiger partial charge in [0, 0.05) is 23.7 Å². The van der Waals surface area contributed by atoms with E-state index in [1.807, 2.05) is 19.1 Å². The van der Waals surface area contributed by atoms with E-state index in [2.05, 4.69) is 9.97 Å². The molecule has 1 heterocycles. The predicted octanol–water partition coefficient (Wildman–Crippen LogP) is 1.58. The van der Waals surface area contributed by atoms with E-state index < -0.39 is 0 Å². The zero-order valence-corrected chi connectivity index (χ0v) is 9.03. The van der Waals surface area contributed by atoms with Gasteiger partial charge in [0.2, 0.25) is 0 Å². The van der Waals surface area contributed by atoms with E-state index in [0.29, 0.717) is 23.6 Å². The lowest BCUT2D eigenvalue weighted by Crippen LogP contribution is -2.10. The molecule has 4 nitrogen and oxygen atoms in total. The van der Waals surface area contributed by atoms with Gasteiger partial charge in [-0.1, -0.05) is 19.1 Å². The highest BCUT2D eigenvalue weighted by atomic mass is 16.1. The Bertz CT molecular complexity index is 543. The minimum absolute atomic E-state index is 0.126. The molecule has 0 spiro atoms. The Labute approximate surface area is 93.2 Å². The van der Waals surface area contributed by atoms with E-state index in [4.69, 9.17) is 5.73 Å². The molecule has 82 valence electrons. The largest absolute Gasteiger partial charge is 0.399 e. The third-order valence-corrected chi connectivity index (χ3v) is 2.33. The van der Waals surface area contributed by atoms with Crippen LogP contribution in [0.1, 0.15) is 12.7 Å². The molecule has 1 aromatic carbocycles. The number of nitrogens with zero attached hydrogens (tertiary/aromatic N) is 1. The van der Waals surface area contributed by atoms with Crippen molar-refractivity contribution in [1.29, 1.82) is 0 Å². The molecule has 16 heavy (non-hydrogen) atoms. The Morgan fingerprint density at radius 2 is 2.00 bits per heavy atom. The molecule has 0 fully saturated rings. The molecular weight excluding hydrogens is 202 g/mol. The van der Waals surface area contributed by atoms with Gasteiger partial charge in [0.1, 0.15) is 5.82 Å². The van der Waals surface area contributed by atoms with Crippen molar-refractivity contribution in [3.63, 3.8) is 0 Å². The molecule has 2 rings (SSSR count). The van der Waals surface area contributed by atoms with E-state index in [1.165, 1.54) is 6.07 Å². The predicted molar refractivity (Wildman–Crippen MR) is 64.1 cm³/mol. The number of nitrogen functional groups attached to an aromatic ring is 1. The monoisotopic (exact) mass is 215 g/mol. The number of hydrogen-bond acceptors (Lipinski definition) is 3. The van der Waals surface area contributed by atoms with Gasteiger partial charge in [-0.25, -0.2) is 4.98 Å². The van der Waals surface area contributed by atoms with Gasteiger partial charge in [-0.05, 0) is 12.1 Å². The first kappa shape index (κ1) is 10.4. The fourth-order valence-electron chi connectivity index (χ4n) is 1.48. The lowest BCUT2D eigenvalue weighted by atomic mass is 10.1. The molecule has 4 heteroatoms. The molecule has 0 bridgehead atoms. The topological polar surface area (TPSA) is 71.8 Å². The van der Waals surface area contributed by atoms with Gasteiger partial charge in [-0.3, -0.25) is 4.79 Å². The molecule has 2 aromatic rings. The number of anilines is 1. The van der Waals surface area contributed by atoms with Crippen LogP contribution < -0.4 is 11.3 Å². The molecule has 0 radical (unpaired) electrons. The van der Waals surface area contributed by atoms with Crippen molar-refractivity contribution in [1.82, 2.24) is 9.97 Å². The summed E-state index contributed by atoms with van der Waals surface area (Å²) in [6.07, 6.45) is 0.706. The number of H-pyrrole nitrogens is 1. The van der Waals surface area contributed by atoms with Crippen LogP contribution in [0.5, 0.6) is 0 Å². The van der Waals surface area contributed by atoms with Crippen molar-refractivity contribution in [2.75, 3.05) is 5.73 Å². The molecule has 0 atom stereocenters. The van der Waals surface area contributed by atoms with Crippen LogP contribution >= 0.6 is 0 Å². The molecule has 0 amide bonds. The van der Waals surface area contributed by atoms with Crippen LogP contribution in [0.4, 0.5) is 5.69 Å². The lowest BCUT2D eigenvalue weighted by Gasteiger charge is -2.03. The summed E-state index contributed by atoms with van der Waals surface area (Å²) in [6, 6.07) is 8.80. The van der Waals surface area contributed by atoms with Gasteiger partial charge in [-0.15, -0.1) is 0 Å². The first-order chi connectivity index (χ1) is 7.69. The molecule has 1 aromatic heterocycles. The van der Waals surface area contributed by atoms with Gasteiger partial charge in [0.05, 0.1) is 5.69 Å². The number of aromatic nitrogens is 2. The maximum Gasteiger partial charge on any atom is 0.251 e. The third kappa shape index (κ3) is 2.11. The van der Waals surface area contributed by atoms with Crippen LogP contribution in [-0.2, 0) is 6.42 Å². The second kappa shape index (κ2) is 4.18. The van der Waals surface area contributed by atoms with E-state index >= 15 is 0 Å². The quantitative estimate of drug-likeness (QED) is 0.747. The van der Waals surface area contributed by atoms with Gasteiger partial charge in [-0.2, -0.15) is 0 Å². The van der Waals surface area contributed by atoms with Crippen molar-refractivity contribution < 1.29 is 0 Å². The highest BCUT2D eigenvalue weighted by Gasteiger charge is 2.02. The Morgan fingerprint density at radius 1 is 1.31 bits per heavy atom. The van der Waals surface area contributed by atoms with Crippen LogP contribution in [0, 0.1) is 0 Å².